The number of Topliss-reactive ketones (excluding diaryl/α,β-unsaturated/α-hetero) is 1. The Labute approximate surface area is 80.5 Å². The molecule has 0 saturated heterocycles. The van der Waals surface area contributed by atoms with Gasteiger partial charge in [-0.05, 0) is 6.92 Å². The van der Waals surface area contributed by atoms with E-state index in [1.54, 1.807) is 6.92 Å². The number of hydrogen-bond donors (Lipinski definition) is 2. The largest absolute Gasteiger partial charge is 0.391 e. The molecule has 3 heteroatoms. The van der Waals surface area contributed by atoms with Crippen LogP contribution >= 0.6 is 0 Å². The standard InChI is InChI=1S/C10H21NO2/c1-6(2)10(13)9(8(5)12)11-7(3)4/h6-9,11-12H,1-5H3/t8-,9-/m0/s1. The Balaban J connectivity index is 4.33. The van der Waals surface area contributed by atoms with Gasteiger partial charge >= 0.3 is 0 Å². The first-order valence-electron chi connectivity index (χ1n) is 4.84. The molecule has 0 fully saturated rings. The highest BCUT2D eigenvalue weighted by Gasteiger charge is 2.25. The monoisotopic (exact) mass is 187 g/mol. The maximum atomic E-state index is 11.6. The predicted molar refractivity (Wildman–Crippen MR) is 53.6 cm³/mol. The topological polar surface area (TPSA) is 49.3 Å². The second-order valence-corrected chi connectivity index (χ2v) is 4.10. The molecule has 0 aromatic heterocycles. The molecule has 0 aliphatic heterocycles. The zero-order valence-corrected chi connectivity index (χ0v) is 9.16. The van der Waals surface area contributed by atoms with Gasteiger partial charge in [0.25, 0.3) is 0 Å². The van der Waals surface area contributed by atoms with Crippen molar-refractivity contribution in [3.05, 3.63) is 0 Å². The van der Waals surface area contributed by atoms with Crippen LogP contribution in [-0.2, 0) is 4.79 Å². The van der Waals surface area contributed by atoms with Crippen LogP contribution in [0.5, 0.6) is 0 Å². The molecule has 0 unspecified atom stereocenters. The van der Waals surface area contributed by atoms with Crippen LogP contribution in [-0.4, -0.2) is 29.1 Å². The van der Waals surface area contributed by atoms with E-state index < -0.39 is 12.1 Å². The van der Waals surface area contributed by atoms with Gasteiger partial charge in [-0.15, -0.1) is 0 Å². The third-order valence-corrected chi connectivity index (χ3v) is 1.87. The molecular weight excluding hydrogens is 166 g/mol. The van der Waals surface area contributed by atoms with Crippen molar-refractivity contribution in [1.82, 2.24) is 5.32 Å². The molecule has 3 nitrogen and oxygen atoms in total. The van der Waals surface area contributed by atoms with Crippen LogP contribution in [0.3, 0.4) is 0 Å². The Morgan fingerprint density at radius 3 is 1.85 bits per heavy atom. The van der Waals surface area contributed by atoms with Gasteiger partial charge in [0, 0.05) is 12.0 Å². The highest BCUT2D eigenvalue weighted by atomic mass is 16.3. The van der Waals surface area contributed by atoms with Crippen LogP contribution in [0.2, 0.25) is 0 Å². The minimum atomic E-state index is -0.628. The summed E-state index contributed by atoms with van der Waals surface area (Å²) in [5, 5.41) is 12.5. The van der Waals surface area contributed by atoms with Gasteiger partial charge in [-0.1, -0.05) is 27.7 Å². The lowest BCUT2D eigenvalue weighted by Gasteiger charge is -2.24. The van der Waals surface area contributed by atoms with Crippen molar-refractivity contribution >= 4 is 5.78 Å². The molecule has 0 aliphatic carbocycles. The number of carbonyl (C=O) groups is 1. The molecule has 13 heavy (non-hydrogen) atoms. The minimum Gasteiger partial charge on any atom is -0.391 e. The Kier molecular flexibility index (Phi) is 5.18. The number of nitrogens with one attached hydrogen (secondary N) is 1. The smallest absolute Gasteiger partial charge is 0.154 e. The van der Waals surface area contributed by atoms with Crippen molar-refractivity contribution in [2.24, 2.45) is 5.92 Å². The average Bonchev–Trinajstić information content (AvgIpc) is 1.97. The molecule has 0 heterocycles. The number of hydrogen-bond acceptors (Lipinski definition) is 3. The molecule has 2 atom stereocenters. The molecule has 0 aromatic carbocycles. The molecular formula is C10H21NO2. The van der Waals surface area contributed by atoms with Crippen LogP contribution in [0, 0.1) is 5.92 Å². The van der Waals surface area contributed by atoms with Crippen molar-refractivity contribution in [1.29, 1.82) is 0 Å². The van der Waals surface area contributed by atoms with Crippen molar-refractivity contribution in [3.63, 3.8) is 0 Å². The summed E-state index contributed by atoms with van der Waals surface area (Å²) >= 11 is 0. The van der Waals surface area contributed by atoms with Crippen molar-refractivity contribution in [3.8, 4) is 0 Å². The molecule has 0 amide bonds. The zero-order chi connectivity index (χ0) is 10.6. The molecule has 0 bridgehead atoms. The number of carbonyl (C=O) groups excluding carboxylic acids is 1. The van der Waals surface area contributed by atoms with E-state index in [4.69, 9.17) is 0 Å². The maximum Gasteiger partial charge on any atom is 0.154 e. The summed E-state index contributed by atoms with van der Waals surface area (Å²) in [6, 6.07) is -0.220. The van der Waals surface area contributed by atoms with E-state index in [-0.39, 0.29) is 17.7 Å². The van der Waals surface area contributed by atoms with Gasteiger partial charge in [-0.3, -0.25) is 4.79 Å². The summed E-state index contributed by atoms with van der Waals surface area (Å²) in [7, 11) is 0. The lowest BCUT2D eigenvalue weighted by molar-refractivity contribution is -0.126. The van der Waals surface area contributed by atoms with E-state index in [2.05, 4.69) is 5.32 Å². The summed E-state index contributed by atoms with van der Waals surface area (Å²) in [5.74, 6) is 0.0366. The van der Waals surface area contributed by atoms with Gasteiger partial charge in [0.1, 0.15) is 0 Å². The van der Waals surface area contributed by atoms with Crippen LogP contribution in [0.15, 0.2) is 0 Å². The highest BCUT2D eigenvalue weighted by Crippen LogP contribution is 2.04. The van der Waals surface area contributed by atoms with Gasteiger partial charge in [0.05, 0.1) is 12.1 Å². The van der Waals surface area contributed by atoms with E-state index in [0.717, 1.165) is 0 Å². The van der Waals surface area contributed by atoms with Gasteiger partial charge in [-0.2, -0.15) is 0 Å². The fourth-order valence-electron chi connectivity index (χ4n) is 1.18. The van der Waals surface area contributed by atoms with Gasteiger partial charge < -0.3 is 10.4 Å². The maximum absolute atomic E-state index is 11.6. The van der Waals surface area contributed by atoms with Gasteiger partial charge in [0.2, 0.25) is 0 Å². The molecule has 0 spiro atoms. The zero-order valence-electron chi connectivity index (χ0n) is 9.16. The second-order valence-electron chi connectivity index (χ2n) is 4.10. The first-order valence-corrected chi connectivity index (χ1v) is 4.84. The third kappa shape index (κ3) is 4.39. The molecule has 0 aromatic rings. The number of rotatable bonds is 5. The Hall–Kier alpha value is -0.410. The first-order chi connectivity index (χ1) is 5.86. The quantitative estimate of drug-likeness (QED) is 0.674. The number of aliphatic hydroxyl groups excluding tert-OH is 1. The highest BCUT2D eigenvalue weighted by molar-refractivity contribution is 5.86. The summed E-state index contributed by atoms with van der Waals surface area (Å²) < 4.78 is 0. The Morgan fingerprint density at radius 2 is 1.62 bits per heavy atom. The Bertz CT molecular complexity index is 164. The number of ketones is 1. The summed E-state index contributed by atoms with van der Waals surface area (Å²) in [4.78, 5) is 11.6. The van der Waals surface area contributed by atoms with Gasteiger partial charge in [-0.25, -0.2) is 0 Å². The SMILES string of the molecule is CC(C)N[C@H](C(=O)C(C)C)[C@H](C)O. The third-order valence-electron chi connectivity index (χ3n) is 1.87. The fourth-order valence-corrected chi connectivity index (χ4v) is 1.18. The summed E-state index contributed by atoms with van der Waals surface area (Å²) in [6.07, 6.45) is -0.628. The molecule has 0 rings (SSSR count). The van der Waals surface area contributed by atoms with Crippen molar-refractivity contribution < 1.29 is 9.90 Å². The fraction of sp³-hybridized carbons (Fsp3) is 0.900. The lowest BCUT2D eigenvalue weighted by atomic mass is 9.97. The van der Waals surface area contributed by atoms with Gasteiger partial charge in [0.15, 0.2) is 5.78 Å². The molecule has 0 aliphatic rings. The molecule has 78 valence electrons. The summed E-state index contributed by atoms with van der Waals surface area (Å²) in [6.45, 7) is 9.26. The van der Waals surface area contributed by atoms with Crippen molar-refractivity contribution in [2.75, 3.05) is 0 Å². The average molecular weight is 187 g/mol. The van der Waals surface area contributed by atoms with E-state index in [9.17, 15) is 9.90 Å². The molecule has 0 radical (unpaired) electrons. The Morgan fingerprint density at radius 1 is 1.15 bits per heavy atom. The minimum absolute atomic E-state index is 0.0363. The molecule has 0 saturated carbocycles. The predicted octanol–water partition coefficient (Wildman–Crippen LogP) is 0.959. The lowest BCUT2D eigenvalue weighted by Crippen LogP contribution is -2.49. The molecule has 2 N–H and O–H groups in total. The van der Waals surface area contributed by atoms with Crippen LogP contribution in [0.4, 0.5) is 0 Å². The van der Waals surface area contributed by atoms with E-state index in [1.165, 1.54) is 0 Å². The van der Waals surface area contributed by atoms with Crippen LogP contribution < -0.4 is 5.32 Å². The first kappa shape index (κ1) is 12.6. The number of aliphatic hydroxyl groups is 1. The van der Waals surface area contributed by atoms with E-state index in [1.807, 2.05) is 27.7 Å². The van der Waals surface area contributed by atoms with Crippen LogP contribution in [0.25, 0.3) is 0 Å². The van der Waals surface area contributed by atoms with Crippen LogP contribution in [0.1, 0.15) is 34.6 Å². The van der Waals surface area contributed by atoms with E-state index >= 15 is 0 Å². The van der Waals surface area contributed by atoms with Crippen molar-refractivity contribution in [2.45, 2.75) is 52.8 Å². The van der Waals surface area contributed by atoms with E-state index in [0.29, 0.717) is 0 Å². The normalized spacial score (nSPS) is 16.3. The summed E-state index contributed by atoms with van der Waals surface area (Å²) in [5.41, 5.74) is 0. The second kappa shape index (κ2) is 5.35.